The third kappa shape index (κ3) is 7.20. The standard InChI is InChI=1S/C32H50N6O4S2/c1-4-27(34(2)3)26-33-29-24-30(36-22-20-35(21-23-36)28-14-8-5-9-15-28)32(44(41,42)38-18-12-7-13-19-38)25-31(29)43(39,40)37-16-10-6-11-17-37/h5,8-9,14-15,24-25,27,33H,4,6-7,10-13,16-23,26H2,1-3H3. The second kappa shape index (κ2) is 14.4. The van der Waals surface area contributed by atoms with Gasteiger partial charge in [-0.1, -0.05) is 38.0 Å². The van der Waals surface area contributed by atoms with Crippen molar-refractivity contribution in [3.63, 3.8) is 0 Å². The lowest BCUT2D eigenvalue weighted by atomic mass is 10.1. The van der Waals surface area contributed by atoms with Crippen LogP contribution in [0.15, 0.2) is 52.3 Å². The number of hydrogen-bond acceptors (Lipinski definition) is 8. The fourth-order valence-corrected chi connectivity index (χ4v) is 10.1. The number of piperazine rings is 1. The molecule has 10 nitrogen and oxygen atoms in total. The lowest BCUT2D eigenvalue weighted by Crippen LogP contribution is -2.47. The van der Waals surface area contributed by atoms with Gasteiger partial charge in [-0.05, 0) is 70.5 Å². The molecule has 244 valence electrons. The highest BCUT2D eigenvalue weighted by atomic mass is 32.2. The Bertz CT molecular complexity index is 1450. The summed E-state index contributed by atoms with van der Waals surface area (Å²) >= 11 is 0. The molecule has 0 spiro atoms. The Morgan fingerprint density at radius 3 is 1.75 bits per heavy atom. The molecule has 3 heterocycles. The van der Waals surface area contributed by atoms with Crippen molar-refractivity contribution in [2.75, 3.05) is 88.1 Å². The van der Waals surface area contributed by atoms with Crippen molar-refractivity contribution in [2.45, 2.75) is 67.7 Å². The highest BCUT2D eigenvalue weighted by Crippen LogP contribution is 2.39. The van der Waals surface area contributed by atoms with E-state index in [4.69, 9.17) is 0 Å². The molecule has 3 aliphatic heterocycles. The molecule has 1 unspecified atom stereocenters. The quantitative estimate of drug-likeness (QED) is 0.390. The summed E-state index contributed by atoms with van der Waals surface area (Å²) in [6.45, 7) is 7.22. The molecular formula is C32H50N6O4S2. The van der Waals surface area contributed by atoms with E-state index >= 15 is 0 Å². The summed E-state index contributed by atoms with van der Waals surface area (Å²) in [5, 5.41) is 3.47. The zero-order valence-corrected chi connectivity index (χ0v) is 28.3. The van der Waals surface area contributed by atoms with E-state index in [9.17, 15) is 16.8 Å². The highest BCUT2D eigenvalue weighted by Gasteiger charge is 2.36. The molecule has 5 rings (SSSR count). The summed E-state index contributed by atoms with van der Waals surface area (Å²) in [6.07, 6.45) is 6.14. The number of rotatable bonds is 11. The van der Waals surface area contributed by atoms with Gasteiger partial charge in [0.2, 0.25) is 20.0 Å². The van der Waals surface area contributed by atoms with Gasteiger partial charge in [0.15, 0.2) is 0 Å². The van der Waals surface area contributed by atoms with Crippen LogP contribution in [0.3, 0.4) is 0 Å². The third-order valence-electron chi connectivity index (χ3n) is 9.40. The number of likely N-dealkylation sites (N-methyl/N-ethyl adjacent to an activating group) is 1. The Balaban J connectivity index is 1.59. The number of nitrogens with zero attached hydrogens (tertiary/aromatic N) is 5. The van der Waals surface area contributed by atoms with Crippen LogP contribution in [0.25, 0.3) is 0 Å². The van der Waals surface area contributed by atoms with E-state index < -0.39 is 20.0 Å². The minimum atomic E-state index is -3.93. The fourth-order valence-electron chi connectivity index (χ4n) is 6.61. The first-order valence-electron chi connectivity index (χ1n) is 16.3. The fraction of sp³-hybridized carbons (Fsp3) is 0.625. The van der Waals surface area contributed by atoms with Gasteiger partial charge in [0, 0.05) is 70.6 Å². The predicted octanol–water partition coefficient (Wildman–Crippen LogP) is 4.11. The monoisotopic (exact) mass is 646 g/mol. The zero-order valence-electron chi connectivity index (χ0n) is 26.6. The Morgan fingerprint density at radius 2 is 1.23 bits per heavy atom. The van der Waals surface area contributed by atoms with E-state index in [1.54, 1.807) is 4.31 Å². The van der Waals surface area contributed by atoms with E-state index in [-0.39, 0.29) is 15.8 Å². The first-order valence-corrected chi connectivity index (χ1v) is 19.1. The number of benzene rings is 2. The van der Waals surface area contributed by atoms with E-state index in [0.717, 1.165) is 63.7 Å². The van der Waals surface area contributed by atoms with Gasteiger partial charge >= 0.3 is 0 Å². The van der Waals surface area contributed by atoms with Crippen LogP contribution in [0.4, 0.5) is 17.1 Å². The van der Waals surface area contributed by atoms with Crippen molar-refractivity contribution in [3.05, 3.63) is 42.5 Å². The Hall–Kier alpha value is -2.38. The lowest BCUT2D eigenvalue weighted by molar-refractivity contribution is 0.298. The first kappa shape index (κ1) is 33.0. The summed E-state index contributed by atoms with van der Waals surface area (Å²) in [6, 6.07) is 13.7. The van der Waals surface area contributed by atoms with Crippen molar-refractivity contribution in [1.82, 2.24) is 13.5 Å². The molecule has 1 N–H and O–H groups in total. The number of hydrogen-bond donors (Lipinski definition) is 1. The molecule has 2 aromatic carbocycles. The maximum absolute atomic E-state index is 14.4. The minimum absolute atomic E-state index is 0.0651. The highest BCUT2D eigenvalue weighted by molar-refractivity contribution is 7.90. The molecule has 0 amide bonds. The van der Waals surface area contributed by atoms with Gasteiger partial charge in [-0.2, -0.15) is 8.61 Å². The summed E-state index contributed by atoms with van der Waals surface area (Å²) in [4.78, 5) is 6.74. The van der Waals surface area contributed by atoms with Crippen LogP contribution < -0.4 is 15.1 Å². The van der Waals surface area contributed by atoms with Crippen LogP contribution >= 0.6 is 0 Å². The number of nitrogens with one attached hydrogen (secondary N) is 1. The summed E-state index contributed by atoms with van der Waals surface area (Å²) in [5.41, 5.74) is 2.21. The van der Waals surface area contributed by atoms with E-state index in [2.05, 4.69) is 39.1 Å². The number of para-hydroxylation sites is 1. The van der Waals surface area contributed by atoms with Gasteiger partial charge in [-0.15, -0.1) is 0 Å². The minimum Gasteiger partial charge on any atom is -0.382 e. The van der Waals surface area contributed by atoms with Crippen molar-refractivity contribution in [2.24, 2.45) is 0 Å². The van der Waals surface area contributed by atoms with Crippen LogP contribution in [0.5, 0.6) is 0 Å². The Kier molecular flexibility index (Phi) is 10.8. The van der Waals surface area contributed by atoms with E-state index in [0.29, 0.717) is 57.2 Å². The predicted molar refractivity (Wildman–Crippen MR) is 179 cm³/mol. The molecule has 12 heteroatoms. The molecule has 1 atom stereocenters. The molecule has 3 saturated heterocycles. The average molecular weight is 647 g/mol. The van der Waals surface area contributed by atoms with Gasteiger partial charge in [-0.25, -0.2) is 16.8 Å². The van der Waals surface area contributed by atoms with Gasteiger partial charge < -0.3 is 20.0 Å². The Morgan fingerprint density at radius 1 is 0.705 bits per heavy atom. The van der Waals surface area contributed by atoms with Gasteiger partial charge in [0.1, 0.15) is 9.79 Å². The molecule has 0 saturated carbocycles. The molecule has 0 aliphatic carbocycles. The molecule has 0 bridgehead atoms. The van der Waals surface area contributed by atoms with Gasteiger partial charge in [0.25, 0.3) is 0 Å². The zero-order chi connectivity index (χ0) is 31.3. The van der Waals surface area contributed by atoms with E-state index in [1.165, 1.54) is 10.4 Å². The molecule has 0 radical (unpaired) electrons. The molecule has 44 heavy (non-hydrogen) atoms. The largest absolute Gasteiger partial charge is 0.382 e. The SMILES string of the molecule is CCC(CNc1cc(N2CCN(c3ccccc3)CC2)c(S(=O)(=O)N2CCCCC2)cc1S(=O)(=O)N1CCCCC1)N(C)C. The molecule has 3 fully saturated rings. The third-order valence-corrected chi connectivity index (χ3v) is 13.3. The smallest absolute Gasteiger partial charge is 0.245 e. The van der Waals surface area contributed by atoms with Crippen molar-refractivity contribution in [3.8, 4) is 0 Å². The number of anilines is 3. The van der Waals surface area contributed by atoms with Gasteiger partial charge in [-0.3, -0.25) is 0 Å². The molecule has 3 aliphatic rings. The molecule has 0 aromatic heterocycles. The normalized spacial score (nSPS) is 20.2. The van der Waals surface area contributed by atoms with Crippen LogP contribution in [0.2, 0.25) is 0 Å². The molecule has 2 aromatic rings. The van der Waals surface area contributed by atoms with Crippen LogP contribution in [-0.2, 0) is 20.0 Å². The maximum atomic E-state index is 14.4. The van der Waals surface area contributed by atoms with Gasteiger partial charge in [0.05, 0.1) is 11.4 Å². The van der Waals surface area contributed by atoms with Crippen LogP contribution in [0.1, 0.15) is 51.9 Å². The second-order valence-corrected chi connectivity index (χ2v) is 16.3. The number of piperidine rings is 2. The van der Waals surface area contributed by atoms with E-state index in [1.807, 2.05) is 38.4 Å². The van der Waals surface area contributed by atoms with Crippen molar-refractivity contribution >= 4 is 37.1 Å². The Labute approximate surface area is 265 Å². The maximum Gasteiger partial charge on any atom is 0.245 e. The first-order chi connectivity index (χ1) is 21.1. The second-order valence-electron chi connectivity index (χ2n) is 12.5. The molecular weight excluding hydrogens is 597 g/mol. The summed E-state index contributed by atoms with van der Waals surface area (Å²) < 4.78 is 60.3. The van der Waals surface area contributed by atoms with Crippen molar-refractivity contribution in [1.29, 1.82) is 0 Å². The summed E-state index contributed by atoms with van der Waals surface area (Å²) in [5.74, 6) is 0. The topological polar surface area (TPSA) is 96.5 Å². The summed E-state index contributed by atoms with van der Waals surface area (Å²) in [7, 11) is -3.81. The average Bonchev–Trinajstić information content (AvgIpc) is 3.06. The van der Waals surface area contributed by atoms with Crippen LogP contribution in [0, 0.1) is 0 Å². The lowest BCUT2D eigenvalue weighted by Gasteiger charge is -2.39. The van der Waals surface area contributed by atoms with Crippen molar-refractivity contribution < 1.29 is 16.8 Å². The van der Waals surface area contributed by atoms with Crippen LogP contribution in [-0.4, -0.2) is 109 Å². The number of sulfonamides is 2.